The van der Waals surface area contributed by atoms with Gasteiger partial charge in [-0.15, -0.1) is 0 Å². The molecule has 1 unspecified atom stereocenters. The first-order valence-corrected chi connectivity index (χ1v) is 6.80. The Labute approximate surface area is 110 Å². The molecule has 1 fully saturated rings. The van der Waals surface area contributed by atoms with Crippen LogP contribution >= 0.6 is 15.9 Å². The lowest BCUT2D eigenvalue weighted by molar-refractivity contribution is 0.0645. The molecule has 17 heavy (non-hydrogen) atoms. The van der Waals surface area contributed by atoms with Crippen molar-refractivity contribution in [3.8, 4) is 0 Å². The van der Waals surface area contributed by atoms with E-state index in [2.05, 4.69) is 28.2 Å². The van der Waals surface area contributed by atoms with Gasteiger partial charge in [0.25, 0.3) is 5.91 Å². The molecule has 0 aromatic carbocycles. The molecular weight excluding hydrogens is 282 g/mol. The number of aryl methyl sites for hydroxylation is 1. The van der Waals surface area contributed by atoms with Crippen LogP contribution in [0.3, 0.4) is 0 Å². The zero-order valence-corrected chi connectivity index (χ0v) is 11.8. The van der Waals surface area contributed by atoms with Crippen LogP contribution in [0.4, 0.5) is 0 Å². The lowest BCUT2D eigenvalue weighted by atomic mass is 10.2. The standard InChI is InChI=1S/C12H18BrN3O/c1-3-15-8-10(13)6-11(15)12(17)16-5-4-14-7-9(16)2/h6,8-9,14H,3-5,7H2,1-2H3. The predicted octanol–water partition coefficient (Wildman–Crippen LogP) is 1.70. The average Bonchev–Trinajstić information content (AvgIpc) is 2.70. The van der Waals surface area contributed by atoms with Crippen molar-refractivity contribution >= 4 is 21.8 Å². The fourth-order valence-electron chi connectivity index (χ4n) is 2.21. The summed E-state index contributed by atoms with van der Waals surface area (Å²) in [7, 11) is 0. The van der Waals surface area contributed by atoms with Gasteiger partial charge in [-0.3, -0.25) is 4.79 Å². The Morgan fingerprint density at radius 2 is 2.41 bits per heavy atom. The molecule has 0 saturated carbocycles. The van der Waals surface area contributed by atoms with E-state index in [-0.39, 0.29) is 11.9 Å². The molecule has 1 saturated heterocycles. The van der Waals surface area contributed by atoms with Crippen LogP contribution in [0, 0.1) is 0 Å². The second-order valence-corrected chi connectivity index (χ2v) is 5.30. The Bertz CT molecular complexity index is 416. The monoisotopic (exact) mass is 299 g/mol. The molecule has 1 atom stereocenters. The zero-order chi connectivity index (χ0) is 12.4. The van der Waals surface area contributed by atoms with Crippen molar-refractivity contribution in [3.05, 3.63) is 22.4 Å². The molecule has 0 bridgehead atoms. The summed E-state index contributed by atoms with van der Waals surface area (Å²) in [5, 5.41) is 3.29. The maximum atomic E-state index is 12.5. The number of hydrogen-bond donors (Lipinski definition) is 1. The van der Waals surface area contributed by atoms with Gasteiger partial charge in [0.2, 0.25) is 0 Å². The van der Waals surface area contributed by atoms with Crippen LogP contribution in [0.2, 0.25) is 0 Å². The van der Waals surface area contributed by atoms with Crippen LogP contribution in [-0.2, 0) is 6.54 Å². The van der Waals surface area contributed by atoms with Crippen molar-refractivity contribution in [3.63, 3.8) is 0 Å². The quantitative estimate of drug-likeness (QED) is 0.903. The fraction of sp³-hybridized carbons (Fsp3) is 0.583. The first-order chi connectivity index (χ1) is 8.13. The number of hydrogen-bond acceptors (Lipinski definition) is 2. The van der Waals surface area contributed by atoms with E-state index in [1.807, 2.05) is 28.7 Å². The maximum Gasteiger partial charge on any atom is 0.270 e. The summed E-state index contributed by atoms with van der Waals surface area (Å²) in [4.78, 5) is 14.4. The summed E-state index contributed by atoms with van der Waals surface area (Å²) in [6.45, 7) is 7.48. The van der Waals surface area contributed by atoms with Gasteiger partial charge in [-0.1, -0.05) is 0 Å². The Kier molecular flexibility index (Phi) is 3.89. The minimum absolute atomic E-state index is 0.131. The topological polar surface area (TPSA) is 37.3 Å². The number of halogens is 1. The van der Waals surface area contributed by atoms with Crippen molar-refractivity contribution in [2.75, 3.05) is 19.6 Å². The van der Waals surface area contributed by atoms with E-state index >= 15 is 0 Å². The van der Waals surface area contributed by atoms with E-state index in [1.54, 1.807) is 0 Å². The molecule has 4 nitrogen and oxygen atoms in total. The van der Waals surface area contributed by atoms with Gasteiger partial charge in [-0.05, 0) is 35.8 Å². The normalized spacial score (nSPS) is 20.6. The predicted molar refractivity (Wildman–Crippen MR) is 71.2 cm³/mol. The van der Waals surface area contributed by atoms with E-state index in [4.69, 9.17) is 0 Å². The van der Waals surface area contributed by atoms with Gasteiger partial charge < -0.3 is 14.8 Å². The highest BCUT2D eigenvalue weighted by atomic mass is 79.9. The zero-order valence-electron chi connectivity index (χ0n) is 10.2. The first-order valence-electron chi connectivity index (χ1n) is 6.01. The number of amides is 1. The number of nitrogens with zero attached hydrogens (tertiary/aromatic N) is 2. The van der Waals surface area contributed by atoms with Gasteiger partial charge in [0.05, 0.1) is 0 Å². The number of carbonyl (C=O) groups excluding carboxylic acids is 1. The van der Waals surface area contributed by atoms with E-state index in [1.165, 1.54) is 0 Å². The molecule has 94 valence electrons. The highest BCUT2D eigenvalue weighted by molar-refractivity contribution is 9.10. The first kappa shape index (κ1) is 12.6. The second-order valence-electron chi connectivity index (χ2n) is 4.38. The molecule has 0 spiro atoms. The molecule has 5 heteroatoms. The Morgan fingerprint density at radius 1 is 1.65 bits per heavy atom. The third-order valence-corrected chi connectivity index (χ3v) is 3.62. The lowest BCUT2D eigenvalue weighted by Gasteiger charge is -2.34. The molecule has 0 radical (unpaired) electrons. The number of rotatable bonds is 2. The van der Waals surface area contributed by atoms with Crippen molar-refractivity contribution in [1.82, 2.24) is 14.8 Å². The Hall–Kier alpha value is -0.810. The van der Waals surface area contributed by atoms with Crippen LogP contribution in [0.25, 0.3) is 0 Å². The van der Waals surface area contributed by atoms with Crippen molar-refractivity contribution in [2.24, 2.45) is 0 Å². The number of aromatic nitrogens is 1. The summed E-state index contributed by atoms with van der Waals surface area (Å²) < 4.78 is 2.95. The van der Waals surface area contributed by atoms with E-state index in [0.29, 0.717) is 0 Å². The Balaban J connectivity index is 2.23. The molecule has 1 amide bonds. The molecule has 1 aromatic rings. The van der Waals surface area contributed by atoms with Crippen LogP contribution in [0.1, 0.15) is 24.3 Å². The van der Waals surface area contributed by atoms with Crippen LogP contribution in [0.5, 0.6) is 0 Å². The van der Waals surface area contributed by atoms with E-state index in [9.17, 15) is 4.79 Å². The SMILES string of the molecule is CCn1cc(Br)cc1C(=O)N1CCNCC1C. The summed E-state index contributed by atoms with van der Waals surface area (Å²) in [6.07, 6.45) is 1.96. The van der Waals surface area contributed by atoms with Crippen molar-refractivity contribution in [1.29, 1.82) is 0 Å². The number of nitrogens with one attached hydrogen (secondary N) is 1. The molecule has 1 aromatic heterocycles. The third kappa shape index (κ3) is 2.55. The highest BCUT2D eigenvalue weighted by Gasteiger charge is 2.26. The summed E-state index contributed by atoms with van der Waals surface area (Å²) in [5.41, 5.74) is 0.771. The maximum absolute atomic E-state index is 12.5. The number of carbonyl (C=O) groups is 1. The Morgan fingerprint density at radius 3 is 3.06 bits per heavy atom. The number of piperazine rings is 1. The highest BCUT2D eigenvalue weighted by Crippen LogP contribution is 2.18. The molecule has 1 aliphatic rings. The van der Waals surface area contributed by atoms with Crippen LogP contribution in [-0.4, -0.2) is 41.1 Å². The summed E-state index contributed by atoms with van der Waals surface area (Å²) in [5.74, 6) is 0.131. The summed E-state index contributed by atoms with van der Waals surface area (Å²) in [6, 6.07) is 2.16. The third-order valence-electron chi connectivity index (χ3n) is 3.19. The van der Waals surface area contributed by atoms with Gasteiger partial charge in [-0.2, -0.15) is 0 Å². The second kappa shape index (κ2) is 5.23. The lowest BCUT2D eigenvalue weighted by Crippen LogP contribution is -2.52. The van der Waals surface area contributed by atoms with Crippen molar-refractivity contribution < 1.29 is 4.79 Å². The van der Waals surface area contributed by atoms with E-state index in [0.717, 1.165) is 36.3 Å². The van der Waals surface area contributed by atoms with Crippen LogP contribution in [0.15, 0.2) is 16.7 Å². The van der Waals surface area contributed by atoms with E-state index < -0.39 is 0 Å². The van der Waals surface area contributed by atoms with Gasteiger partial charge in [-0.25, -0.2) is 0 Å². The van der Waals surface area contributed by atoms with Gasteiger partial charge in [0.1, 0.15) is 5.69 Å². The molecule has 1 N–H and O–H groups in total. The fourth-order valence-corrected chi connectivity index (χ4v) is 2.67. The smallest absolute Gasteiger partial charge is 0.270 e. The molecule has 2 rings (SSSR count). The minimum Gasteiger partial charge on any atom is -0.343 e. The van der Waals surface area contributed by atoms with Crippen molar-refractivity contribution in [2.45, 2.75) is 26.4 Å². The van der Waals surface area contributed by atoms with Gasteiger partial charge in [0, 0.05) is 42.9 Å². The molecule has 1 aliphatic heterocycles. The largest absolute Gasteiger partial charge is 0.343 e. The average molecular weight is 300 g/mol. The molecular formula is C12H18BrN3O. The van der Waals surface area contributed by atoms with Gasteiger partial charge >= 0.3 is 0 Å². The molecule has 0 aliphatic carbocycles. The minimum atomic E-state index is 0.131. The van der Waals surface area contributed by atoms with Gasteiger partial charge in [0.15, 0.2) is 0 Å². The summed E-state index contributed by atoms with van der Waals surface area (Å²) >= 11 is 3.43. The van der Waals surface area contributed by atoms with Crippen LogP contribution < -0.4 is 5.32 Å². The molecule has 2 heterocycles.